The summed E-state index contributed by atoms with van der Waals surface area (Å²) in [5.74, 6) is 0.0151. The van der Waals surface area contributed by atoms with Crippen molar-refractivity contribution in [2.45, 2.75) is 43.8 Å². The second kappa shape index (κ2) is 4.95. The Bertz CT molecular complexity index is 593. The third-order valence-corrected chi connectivity index (χ3v) is 4.34. The number of hydrogen-bond acceptors (Lipinski definition) is 4. The van der Waals surface area contributed by atoms with Crippen LogP contribution in [0.2, 0.25) is 0 Å². The van der Waals surface area contributed by atoms with Crippen LogP contribution in [0.4, 0.5) is 13.2 Å². The van der Waals surface area contributed by atoms with Crippen molar-refractivity contribution >= 4 is 5.91 Å². The molecule has 0 spiro atoms. The average Bonchev–Trinajstić information content (AvgIpc) is 2.85. The fourth-order valence-electron chi connectivity index (χ4n) is 3.07. The van der Waals surface area contributed by atoms with E-state index in [1.807, 2.05) is 0 Å². The van der Waals surface area contributed by atoms with Crippen molar-refractivity contribution < 1.29 is 22.7 Å². The Balaban J connectivity index is 1.77. The maximum Gasteiger partial charge on any atom is 0.434 e. The summed E-state index contributed by atoms with van der Waals surface area (Å²) in [7, 11) is 1.45. The lowest BCUT2D eigenvalue weighted by molar-refractivity contribution is -0.169. The molecule has 22 heavy (non-hydrogen) atoms. The van der Waals surface area contributed by atoms with Gasteiger partial charge in [-0.05, 0) is 0 Å². The fraction of sp³-hybridized carbons (Fsp3) is 0.692. The highest BCUT2D eigenvalue weighted by Crippen LogP contribution is 2.37. The van der Waals surface area contributed by atoms with Crippen LogP contribution in [0.3, 0.4) is 0 Å². The van der Waals surface area contributed by atoms with E-state index < -0.39 is 17.5 Å². The number of fused-ring (bicyclic) bond motifs is 1. The standard InChI is InChI=1S/C13H17F3N4O2/c1-22-12(4-8(17)5-12)11(21)20-3-2-19-6-9(13(14,15)16)18-10(19)7-20/h6,8H,2-5,7,17H2,1H3. The Morgan fingerprint density at radius 1 is 1.45 bits per heavy atom. The SMILES string of the molecule is COC1(C(=O)N2CCn3cc(C(F)(F)F)nc3C2)CC(N)C1. The smallest absolute Gasteiger partial charge is 0.368 e. The highest BCUT2D eigenvalue weighted by atomic mass is 19.4. The van der Waals surface area contributed by atoms with Crippen LogP contribution < -0.4 is 5.73 Å². The summed E-state index contributed by atoms with van der Waals surface area (Å²) in [5, 5.41) is 0. The second-order valence-corrected chi connectivity index (χ2v) is 5.83. The number of nitrogens with two attached hydrogens (primary N) is 1. The Labute approximate surface area is 125 Å². The third-order valence-electron chi connectivity index (χ3n) is 4.34. The number of ether oxygens (including phenoxy) is 1. The highest BCUT2D eigenvalue weighted by Gasteiger charge is 2.51. The molecule has 2 heterocycles. The first-order valence-electron chi connectivity index (χ1n) is 6.98. The Kier molecular flexibility index (Phi) is 3.44. The number of amides is 1. The summed E-state index contributed by atoms with van der Waals surface area (Å²) in [6.07, 6.45) is -2.63. The Morgan fingerprint density at radius 2 is 2.14 bits per heavy atom. The molecule has 9 heteroatoms. The van der Waals surface area contributed by atoms with Gasteiger partial charge in [-0.3, -0.25) is 4.79 Å². The van der Waals surface area contributed by atoms with E-state index in [0.717, 1.165) is 6.20 Å². The van der Waals surface area contributed by atoms with Gasteiger partial charge < -0.3 is 19.9 Å². The molecule has 1 saturated carbocycles. The molecule has 0 radical (unpaired) electrons. The van der Waals surface area contributed by atoms with Crippen molar-refractivity contribution in [2.24, 2.45) is 5.73 Å². The van der Waals surface area contributed by atoms with Gasteiger partial charge in [-0.1, -0.05) is 0 Å². The predicted molar refractivity (Wildman–Crippen MR) is 69.6 cm³/mol. The fourth-order valence-corrected chi connectivity index (χ4v) is 3.07. The molecule has 0 saturated heterocycles. The highest BCUT2D eigenvalue weighted by molar-refractivity contribution is 5.86. The number of halogens is 3. The van der Waals surface area contributed by atoms with E-state index in [1.165, 1.54) is 16.6 Å². The molecule has 3 rings (SSSR count). The first-order chi connectivity index (χ1) is 10.2. The number of hydrogen-bond donors (Lipinski definition) is 1. The van der Waals surface area contributed by atoms with Crippen LogP contribution >= 0.6 is 0 Å². The number of methoxy groups -OCH3 is 1. The molecule has 1 aliphatic carbocycles. The molecular formula is C13H17F3N4O2. The predicted octanol–water partition coefficient (Wildman–Crippen LogP) is 0.750. The summed E-state index contributed by atoms with van der Waals surface area (Å²) in [4.78, 5) is 17.7. The summed E-state index contributed by atoms with van der Waals surface area (Å²) < 4.78 is 44.8. The van der Waals surface area contributed by atoms with Crippen LogP contribution in [0.15, 0.2) is 6.20 Å². The van der Waals surface area contributed by atoms with Gasteiger partial charge in [-0.2, -0.15) is 13.2 Å². The minimum absolute atomic E-state index is 0.0509. The number of aromatic nitrogens is 2. The first-order valence-corrected chi connectivity index (χ1v) is 6.98. The Hall–Kier alpha value is -1.61. The molecule has 2 N–H and O–H groups in total. The van der Waals surface area contributed by atoms with E-state index in [0.29, 0.717) is 19.4 Å². The van der Waals surface area contributed by atoms with E-state index in [-0.39, 0.29) is 30.9 Å². The van der Waals surface area contributed by atoms with Gasteiger partial charge in [0.05, 0.1) is 6.54 Å². The molecule has 0 bridgehead atoms. The van der Waals surface area contributed by atoms with Crippen LogP contribution in [0.25, 0.3) is 0 Å². The summed E-state index contributed by atoms with van der Waals surface area (Å²) >= 11 is 0. The van der Waals surface area contributed by atoms with Gasteiger partial charge in [-0.25, -0.2) is 4.98 Å². The summed E-state index contributed by atoms with van der Waals surface area (Å²) in [5.41, 5.74) is 3.88. The van der Waals surface area contributed by atoms with Gasteiger partial charge in [0.15, 0.2) is 5.69 Å². The van der Waals surface area contributed by atoms with Gasteiger partial charge >= 0.3 is 6.18 Å². The molecule has 6 nitrogen and oxygen atoms in total. The van der Waals surface area contributed by atoms with Gasteiger partial charge in [-0.15, -0.1) is 0 Å². The lowest BCUT2D eigenvalue weighted by Gasteiger charge is -2.46. The molecule has 2 aliphatic rings. The van der Waals surface area contributed by atoms with Crippen molar-refractivity contribution in [3.05, 3.63) is 17.7 Å². The normalized spacial score (nSPS) is 28.2. The van der Waals surface area contributed by atoms with E-state index >= 15 is 0 Å². The van der Waals surface area contributed by atoms with Crippen molar-refractivity contribution in [3.63, 3.8) is 0 Å². The molecule has 0 aromatic carbocycles. The number of carbonyl (C=O) groups is 1. The molecule has 122 valence electrons. The monoisotopic (exact) mass is 318 g/mol. The molecule has 0 atom stereocenters. The quantitative estimate of drug-likeness (QED) is 0.873. The number of nitrogens with zero attached hydrogens (tertiary/aromatic N) is 3. The maximum atomic E-state index is 12.7. The molecule has 1 aliphatic heterocycles. The molecule has 1 aromatic heterocycles. The number of alkyl halides is 3. The van der Waals surface area contributed by atoms with E-state index in [2.05, 4.69) is 4.98 Å². The van der Waals surface area contributed by atoms with Crippen LogP contribution in [0.5, 0.6) is 0 Å². The topological polar surface area (TPSA) is 73.4 Å². The molecule has 1 fully saturated rings. The van der Waals surface area contributed by atoms with E-state index in [1.54, 1.807) is 0 Å². The summed E-state index contributed by atoms with van der Waals surface area (Å²) in [6.45, 7) is 0.672. The number of rotatable bonds is 2. The molecule has 0 unspecified atom stereocenters. The maximum absolute atomic E-state index is 12.7. The largest absolute Gasteiger partial charge is 0.434 e. The minimum atomic E-state index is -4.48. The second-order valence-electron chi connectivity index (χ2n) is 5.83. The lowest BCUT2D eigenvalue weighted by atomic mass is 9.75. The van der Waals surface area contributed by atoms with Crippen molar-refractivity contribution in [2.75, 3.05) is 13.7 Å². The third kappa shape index (κ3) is 2.38. The molecule has 1 aromatic rings. The number of carbonyl (C=O) groups excluding carboxylic acids is 1. The lowest BCUT2D eigenvalue weighted by Crippen LogP contribution is -2.62. The van der Waals surface area contributed by atoms with E-state index in [4.69, 9.17) is 10.5 Å². The zero-order valence-electron chi connectivity index (χ0n) is 12.1. The van der Waals surface area contributed by atoms with Crippen molar-refractivity contribution in [1.29, 1.82) is 0 Å². The number of imidazole rings is 1. The average molecular weight is 318 g/mol. The van der Waals surface area contributed by atoms with Crippen molar-refractivity contribution in [3.8, 4) is 0 Å². The zero-order chi connectivity index (χ0) is 16.1. The van der Waals surface area contributed by atoms with Gasteiger partial charge in [0, 0.05) is 45.3 Å². The van der Waals surface area contributed by atoms with E-state index in [9.17, 15) is 18.0 Å². The minimum Gasteiger partial charge on any atom is -0.368 e. The van der Waals surface area contributed by atoms with Crippen LogP contribution in [-0.4, -0.2) is 45.7 Å². The van der Waals surface area contributed by atoms with Crippen LogP contribution in [0, 0.1) is 0 Å². The van der Waals surface area contributed by atoms with Crippen LogP contribution in [0.1, 0.15) is 24.4 Å². The molecular weight excluding hydrogens is 301 g/mol. The molecule has 1 amide bonds. The van der Waals surface area contributed by atoms with Crippen LogP contribution in [-0.2, 0) is 28.8 Å². The van der Waals surface area contributed by atoms with Gasteiger partial charge in [0.2, 0.25) is 0 Å². The van der Waals surface area contributed by atoms with Crippen molar-refractivity contribution in [1.82, 2.24) is 14.5 Å². The van der Waals surface area contributed by atoms with Gasteiger partial charge in [0.25, 0.3) is 5.91 Å². The first kappa shape index (κ1) is 15.3. The zero-order valence-corrected chi connectivity index (χ0v) is 12.1. The summed E-state index contributed by atoms with van der Waals surface area (Å²) in [6, 6.07) is -0.0764. The Morgan fingerprint density at radius 3 is 2.68 bits per heavy atom. The van der Waals surface area contributed by atoms with Gasteiger partial charge in [0.1, 0.15) is 11.4 Å².